The number of nitrogens with zero attached hydrogens (tertiary/aromatic N) is 3. The SMILES string of the molecule is CCC(NC(=O)c1nc(C)n(-c2ccc(F)cc2)n1)C(C)(C)O. The van der Waals surface area contributed by atoms with Crippen LogP contribution in [0.3, 0.4) is 0 Å². The fraction of sp³-hybridized carbons (Fsp3) is 0.438. The normalized spacial score (nSPS) is 13.0. The zero-order chi connectivity index (χ0) is 17.2. The van der Waals surface area contributed by atoms with E-state index in [1.165, 1.54) is 16.8 Å². The summed E-state index contributed by atoms with van der Waals surface area (Å²) in [6.45, 7) is 6.85. The van der Waals surface area contributed by atoms with Crippen molar-refractivity contribution in [3.8, 4) is 5.69 Å². The molecule has 0 saturated heterocycles. The second-order valence-electron chi connectivity index (χ2n) is 5.96. The Balaban J connectivity index is 2.23. The molecule has 0 fully saturated rings. The van der Waals surface area contributed by atoms with Crippen LogP contribution in [-0.4, -0.2) is 37.4 Å². The van der Waals surface area contributed by atoms with Crippen LogP contribution in [-0.2, 0) is 0 Å². The lowest BCUT2D eigenvalue weighted by Gasteiger charge is -2.28. The summed E-state index contributed by atoms with van der Waals surface area (Å²) in [7, 11) is 0. The van der Waals surface area contributed by atoms with E-state index in [4.69, 9.17) is 0 Å². The van der Waals surface area contributed by atoms with Crippen molar-refractivity contribution in [3.63, 3.8) is 0 Å². The zero-order valence-corrected chi connectivity index (χ0v) is 13.7. The number of amides is 1. The number of carbonyl (C=O) groups excluding carboxylic acids is 1. The molecular weight excluding hydrogens is 299 g/mol. The number of hydrogen-bond acceptors (Lipinski definition) is 4. The lowest BCUT2D eigenvalue weighted by Crippen LogP contribution is -2.49. The molecule has 7 heteroatoms. The Hall–Kier alpha value is -2.28. The van der Waals surface area contributed by atoms with Crippen LogP contribution in [0, 0.1) is 12.7 Å². The fourth-order valence-corrected chi connectivity index (χ4v) is 2.31. The predicted octanol–water partition coefficient (Wildman–Crippen LogP) is 1.99. The lowest BCUT2D eigenvalue weighted by atomic mass is 9.96. The molecule has 1 unspecified atom stereocenters. The molecular formula is C16H21FN4O2. The number of halogens is 1. The summed E-state index contributed by atoms with van der Waals surface area (Å²) in [5, 5.41) is 16.9. The van der Waals surface area contributed by atoms with Crippen molar-refractivity contribution in [2.24, 2.45) is 0 Å². The van der Waals surface area contributed by atoms with E-state index >= 15 is 0 Å². The number of aryl methyl sites for hydroxylation is 1. The molecule has 0 saturated carbocycles. The highest BCUT2D eigenvalue weighted by Gasteiger charge is 2.28. The smallest absolute Gasteiger partial charge is 0.291 e. The van der Waals surface area contributed by atoms with Crippen LogP contribution in [0.5, 0.6) is 0 Å². The Morgan fingerprint density at radius 1 is 1.39 bits per heavy atom. The van der Waals surface area contributed by atoms with E-state index in [9.17, 15) is 14.3 Å². The van der Waals surface area contributed by atoms with Gasteiger partial charge in [0.05, 0.1) is 17.3 Å². The number of benzene rings is 1. The number of aromatic nitrogens is 3. The van der Waals surface area contributed by atoms with Crippen LogP contribution in [0.1, 0.15) is 43.6 Å². The van der Waals surface area contributed by atoms with Crippen LogP contribution >= 0.6 is 0 Å². The minimum absolute atomic E-state index is 0.00882. The number of rotatable bonds is 5. The van der Waals surface area contributed by atoms with E-state index in [2.05, 4.69) is 15.4 Å². The summed E-state index contributed by atoms with van der Waals surface area (Å²) in [5.74, 6) is -0.282. The lowest BCUT2D eigenvalue weighted by molar-refractivity contribution is 0.0335. The fourth-order valence-electron chi connectivity index (χ4n) is 2.31. The molecule has 0 spiro atoms. The molecule has 1 aromatic carbocycles. The molecule has 1 atom stereocenters. The average Bonchev–Trinajstić information content (AvgIpc) is 2.86. The Morgan fingerprint density at radius 3 is 2.52 bits per heavy atom. The molecule has 6 nitrogen and oxygen atoms in total. The Morgan fingerprint density at radius 2 is 2.00 bits per heavy atom. The zero-order valence-electron chi connectivity index (χ0n) is 13.7. The summed E-state index contributed by atoms with van der Waals surface area (Å²) in [4.78, 5) is 16.4. The molecule has 2 aromatic rings. The van der Waals surface area contributed by atoms with Gasteiger partial charge < -0.3 is 10.4 Å². The van der Waals surface area contributed by atoms with Gasteiger partial charge in [-0.1, -0.05) is 6.92 Å². The average molecular weight is 320 g/mol. The first-order valence-electron chi connectivity index (χ1n) is 7.45. The third-order valence-electron chi connectivity index (χ3n) is 3.61. The Labute approximate surface area is 134 Å². The maximum absolute atomic E-state index is 13.0. The molecule has 0 bridgehead atoms. The molecule has 0 radical (unpaired) electrons. The molecule has 0 aliphatic heterocycles. The molecule has 2 N–H and O–H groups in total. The molecule has 23 heavy (non-hydrogen) atoms. The van der Waals surface area contributed by atoms with E-state index in [1.807, 2.05) is 6.92 Å². The van der Waals surface area contributed by atoms with E-state index in [-0.39, 0.29) is 11.6 Å². The van der Waals surface area contributed by atoms with Crippen molar-refractivity contribution >= 4 is 5.91 Å². The monoisotopic (exact) mass is 320 g/mol. The topological polar surface area (TPSA) is 80.0 Å². The molecule has 2 rings (SSSR count). The minimum Gasteiger partial charge on any atom is -0.388 e. The molecule has 0 aliphatic rings. The van der Waals surface area contributed by atoms with Crippen molar-refractivity contribution in [1.82, 2.24) is 20.1 Å². The van der Waals surface area contributed by atoms with Gasteiger partial charge in [0.15, 0.2) is 0 Å². The summed E-state index contributed by atoms with van der Waals surface area (Å²) >= 11 is 0. The van der Waals surface area contributed by atoms with E-state index in [1.54, 1.807) is 32.9 Å². The highest BCUT2D eigenvalue weighted by atomic mass is 19.1. The first kappa shape index (κ1) is 17.1. The van der Waals surface area contributed by atoms with Crippen molar-refractivity contribution in [2.75, 3.05) is 0 Å². The highest BCUT2D eigenvalue weighted by molar-refractivity contribution is 5.90. The van der Waals surface area contributed by atoms with Gasteiger partial charge in [-0.25, -0.2) is 14.1 Å². The van der Waals surface area contributed by atoms with Gasteiger partial charge in [-0.05, 0) is 51.5 Å². The summed E-state index contributed by atoms with van der Waals surface area (Å²) in [6.07, 6.45) is 0.576. The van der Waals surface area contributed by atoms with Gasteiger partial charge in [0.1, 0.15) is 11.6 Å². The molecule has 0 aliphatic carbocycles. The van der Waals surface area contributed by atoms with E-state index in [0.29, 0.717) is 17.9 Å². The van der Waals surface area contributed by atoms with Crippen molar-refractivity contribution in [3.05, 3.63) is 41.7 Å². The Bertz CT molecular complexity index is 689. The van der Waals surface area contributed by atoms with Crippen LogP contribution in [0.2, 0.25) is 0 Å². The number of carbonyl (C=O) groups is 1. The first-order chi connectivity index (χ1) is 10.7. The van der Waals surface area contributed by atoms with Gasteiger partial charge in [0.25, 0.3) is 5.91 Å². The van der Waals surface area contributed by atoms with Gasteiger partial charge in [-0.3, -0.25) is 4.79 Å². The maximum Gasteiger partial charge on any atom is 0.291 e. The largest absolute Gasteiger partial charge is 0.388 e. The van der Waals surface area contributed by atoms with Crippen LogP contribution in [0.4, 0.5) is 4.39 Å². The third kappa shape index (κ3) is 3.92. The summed E-state index contributed by atoms with van der Waals surface area (Å²) in [5.41, 5.74) is -0.427. The van der Waals surface area contributed by atoms with Gasteiger partial charge in [-0.15, -0.1) is 5.10 Å². The number of nitrogens with one attached hydrogen (secondary N) is 1. The second-order valence-corrected chi connectivity index (χ2v) is 5.96. The van der Waals surface area contributed by atoms with Gasteiger partial charge in [0.2, 0.25) is 5.82 Å². The minimum atomic E-state index is -1.04. The van der Waals surface area contributed by atoms with Crippen molar-refractivity contribution in [2.45, 2.75) is 45.8 Å². The van der Waals surface area contributed by atoms with Crippen LogP contribution < -0.4 is 5.32 Å². The maximum atomic E-state index is 13.0. The van der Waals surface area contributed by atoms with Gasteiger partial charge in [-0.2, -0.15) is 0 Å². The molecule has 1 amide bonds. The molecule has 1 heterocycles. The van der Waals surface area contributed by atoms with Crippen molar-refractivity contribution in [1.29, 1.82) is 0 Å². The number of hydrogen-bond donors (Lipinski definition) is 2. The van der Waals surface area contributed by atoms with Gasteiger partial charge >= 0.3 is 0 Å². The quantitative estimate of drug-likeness (QED) is 0.883. The van der Waals surface area contributed by atoms with Crippen LogP contribution in [0.15, 0.2) is 24.3 Å². The van der Waals surface area contributed by atoms with Gasteiger partial charge in [0, 0.05) is 0 Å². The summed E-state index contributed by atoms with van der Waals surface area (Å²) < 4.78 is 14.5. The molecule has 1 aromatic heterocycles. The van der Waals surface area contributed by atoms with E-state index in [0.717, 1.165) is 0 Å². The molecule has 124 valence electrons. The Kier molecular flexibility index (Phi) is 4.79. The second kappa shape index (κ2) is 6.45. The summed E-state index contributed by atoms with van der Waals surface area (Å²) in [6, 6.07) is 5.34. The van der Waals surface area contributed by atoms with Crippen LogP contribution in [0.25, 0.3) is 5.69 Å². The number of aliphatic hydroxyl groups is 1. The predicted molar refractivity (Wildman–Crippen MR) is 83.9 cm³/mol. The third-order valence-corrected chi connectivity index (χ3v) is 3.61. The highest BCUT2D eigenvalue weighted by Crippen LogP contribution is 2.14. The van der Waals surface area contributed by atoms with E-state index < -0.39 is 17.6 Å². The first-order valence-corrected chi connectivity index (χ1v) is 7.45. The van der Waals surface area contributed by atoms with Crippen molar-refractivity contribution < 1.29 is 14.3 Å². The standard InChI is InChI=1S/C16H21FN4O2/c1-5-13(16(3,4)23)19-15(22)14-18-10(2)21(20-14)12-8-6-11(17)7-9-12/h6-9,13,23H,5H2,1-4H3,(H,19,22).